The Morgan fingerprint density at radius 1 is 1.16 bits per heavy atom. The number of carbonyl (C=O) groups is 1. The molecule has 98 valence electrons. The molecule has 0 amide bonds. The maximum absolute atomic E-state index is 11.4. The van der Waals surface area contributed by atoms with E-state index < -0.39 is 0 Å². The van der Waals surface area contributed by atoms with Crippen LogP contribution >= 0.6 is 23.2 Å². The first-order chi connectivity index (χ1) is 9.06. The third-order valence-corrected chi connectivity index (χ3v) is 3.33. The molecule has 0 spiro atoms. The van der Waals surface area contributed by atoms with Gasteiger partial charge in [-0.2, -0.15) is 0 Å². The van der Waals surface area contributed by atoms with Gasteiger partial charge in [-0.15, -0.1) is 0 Å². The number of benzene rings is 2. The molecule has 2 aromatic rings. The highest BCUT2D eigenvalue weighted by atomic mass is 35.5. The van der Waals surface area contributed by atoms with Gasteiger partial charge in [-0.25, -0.2) is 0 Å². The molecule has 19 heavy (non-hydrogen) atoms. The van der Waals surface area contributed by atoms with Crippen molar-refractivity contribution in [2.24, 2.45) is 0 Å². The van der Waals surface area contributed by atoms with Crippen molar-refractivity contribution in [3.63, 3.8) is 0 Å². The maximum Gasteiger partial charge on any atom is 0.159 e. The number of hydrogen-bond acceptors (Lipinski definition) is 2. The minimum Gasteiger partial charge on any atom is -0.381 e. The van der Waals surface area contributed by atoms with E-state index in [-0.39, 0.29) is 5.78 Å². The van der Waals surface area contributed by atoms with Crippen LogP contribution in [0.4, 0.5) is 5.69 Å². The first kappa shape index (κ1) is 13.9. The fourth-order valence-electron chi connectivity index (χ4n) is 1.73. The van der Waals surface area contributed by atoms with Crippen LogP contribution in [0.1, 0.15) is 22.8 Å². The molecule has 0 aromatic heterocycles. The second kappa shape index (κ2) is 6.09. The van der Waals surface area contributed by atoms with Crippen molar-refractivity contribution in [2.45, 2.75) is 13.5 Å². The Bertz CT molecular complexity index is 611. The van der Waals surface area contributed by atoms with Crippen molar-refractivity contribution in [2.75, 3.05) is 5.32 Å². The largest absolute Gasteiger partial charge is 0.381 e. The van der Waals surface area contributed by atoms with Crippen LogP contribution in [0.2, 0.25) is 10.0 Å². The van der Waals surface area contributed by atoms with Gasteiger partial charge in [0.05, 0.1) is 0 Å². The van der Waals surface area contributed by atoms with E-state index in [1.807, 2.05) is 24.3 Å². The lowest BCUT2D eigenvalue weighted by Gasteiger charge is -2.09. The molecule has 2 nitrogen and oxygen atoms in total. The molecule has 0 saturated heterocycles. The van der Waals surface area contributed by atoms with E-state index in [0.29, 0.717) is 22.2 Å². The Morgan fingerprint density at radius 2 is 1.89 bits per heavy atom. The lowest BCUT2D eigenvalue weighted by atomic mass is 10.1. The van der Waals surface area contributed by atoms with Crippen molar-refractivity contribution in [3.05, 3.63) is 63.6 Å². The molecule has 0 atom stereocenters. The van der Waals surface area contributed by atoms with Crippen molar-refractivity contribution in [1.82, 2.24) is 0 Å². The predicted molar refractivity (Wildman–Crippen MR) is 80.2 cm³/mol. The number of Topliss-reactive ketones (excluding diaryl/α,β-unsaturated/α-hetero) is 1. The highest BCUT2D eigenvalue weighted by Crippen LogP contribution is 2.21. The van der Waals surface area contributed by atoms with Gasteiger partial charge in [0.2, 0.25) is 0 Å². The topological polar surface area (TPSA) is 29.1 Å². The van der Waals surface area contributed by atoms with Crippen molar-refractivity contribution in [3.8, 4) is 0 Å². The predicted octanol–water partition coefficient (Wildman–Crippen LogP) is 4.81. The Labute approximate surface area is 122 Å². The van der Waals surface area contributed by atoms with Crippen LogP contribution in [0, 0.1) is 0 Å². The summed E-state index contributed by atoms with van der Waals surface area (Å²) in [6, 6.07) is 12.8. The summed E-state index contributed by atoms with van der Waals surface area (Å²) in [5.41, 5.74) is 2.39. The third kappa shape index (κ3) is 3.72. The Balaban J connectivity index is 2.16. The normalized spacial score (nSPS) is 10.3. The number of halogens is 2. The second-order valence-corrected chi connectivity index (χ2v) is 5.07. The Morgan fingerprint density at radius 3 is 2.58 bits per heavy atom. The number of rotatable bonds is 4. The molecule has 0 bridgehead atoms. The van der Waals surface area contributed by atoms with E-state index in [4.69, 9.17) is 23.2 Å². The zero-order chi connectivity index (χ0) is 13.8. The lowest BCUT2D eigenvalue weighted by Crippen LogP contribution is -2.01. The summed E-state index contributed by atoms with van der Waals surface area (Å²) in [6.45, 7) is 2.10. The minimum atomic E-state index is -0.0108. The van der Waals surface area contributed by atoms with Gasteiger partial charge in [0, 0.05) is 27.8 Å². The van der Waals surface area contributed by atoms with Crippen molar-refractivity contribution in [1.29, 1.82) is 0 Å². The second-order valence-electron chi connectivity index (χ2n) is 4.23. The van der Waals surface area contributed by atoms with Gasteiger partial charge in [0.25, 0.3) is 0 Å². The van der Waals surface area contributed by atoms with Gasteiger partial charge in [-0.05, 0) is 36.8 Å². The highest BCUT2D eigenvalue weighted by Gasteiger charge is 2.04. The standard InChI is InChI=1S/C15H13Cl2NO/c1-10(19)12-6-13(16)8-14(7-12)18-9-11-4-2-3-5-15(11)17/h2-8,18H,9H2,1H3. The summed E-state index contributed by atoms with van der Waals surface area (Å²) in [6.07, 6.45) is 0. The summed E-state index contributed by atoms with van der Waals surface area (Å²) in [4.78, 5) is 11.4. The monoisotopic (exact) mass is 293 g/mol. The molecule has 0 saturated carbocycles. The quantitative estimate of drug-likeness (QED) is 0.820. The lowest BCUT2D eigenvalue weighted by molar-refractivity contribution is 0.101. The molecular weight excluding hydrogens is 281 g/mol. The molecule has 0 aliphatic rings. The highest BCUT2D eigenvalue weighted by molar-refractivity contribution is 6.31. The number of anilines is 1. The maximum atomic E-state index is 11.4. The third-order valence-electron chi connectivity index (χ3n) is 2.75. The van der Waals surface area contributed by atoms with E-state index >= 15 is 0 Å². The van der Waals surface area contributed by atoms with Crippen LogP contribution in [0.25, 0.3) is 0 Å². The number of carbonyl (C=O) groups excluding carboxylic acids is 1. The van der Waals surface area contributed by atoms with Crippen LogP contribution in [0.15, 0.2) is 42.5 Å². The van der Waals surface area contributed by atoms with E-state index in [2.05, 4.69) is 5.32 Å². The fourth-order valence-corrected chi connectivity index (χ4v) is 2.17. The van der Waals surface area contributed by atoms with Crippen molar-refractivity contribution >= 4 is 34.7 Å². The summed E-state index contributed by atoms with van der Waals surface area (Å²) in [5.74, 6) is -0.0108. The molecule has 1 N–H and O–H groups in total. The van der Waals surface area contributed by atoms with Gasteiger partial charge in [0.1, 0.15) is 0 Å². The summed E-state index contributed by atoms with van der Waals surface area (Å²) in [5, 5.41) is 4.47. The minimum absolute atomic E-state index is 0.0108. The van der Waals surface area contributed by atoms with Crippen LogP contribution in [0.5, 0.6) is 0 Å². The number of hydrogen-bond donors (Lipinski definition) is 1. The van der Waals surface area contributed by atoms with Crippen LogP contribution < -0.4 is 5.32 Å². The molecule has 0 heterocycles. The number of ketones is 1. The zero-order valence-electron chi connectivity index (χ0n) is 10.4. The van der Waals surface area contributed by atoms with E-state index in [9.17, 15) is 4.79 Å². The molecule has 2 aromatic carbocycles. The van der Waals surface area contributed by atoms with Crippen molar-refractivity contribution < 1.29 is 4.79 Å². The average Bonchev–Trinajstić information content (AvgIpc) is 2.37. The van der Waals surface area contributed by atoms with Gasteiger partial charge in [0.15, 0.2) is 5.78 Å². The molecular formula is C15H13Cl2NO. The van der Waals surface area contributed by atoms with Crippen LogP contribution in [-0.4, -0.2) is 5.78 Å². The molecule has 0 aliphatic heterocycles. The zero-order valence-corrected chi connectivity index (χ0v) is 11.9. The summed E-state index contributed by atoms with van der Waals surface area (Å²) in [7, 11) is 0. The van der Waals surface area contributed by atoms with Gasteiger partial charge >= 0.3 is 0 Å². The van der Waals surface area contributed by atoms with E-state index in [0.717, 1.165) is 11.3 Å². The molecule has 0 aliphatic carbocycles. The molecule has 2 rings (SSSR count). The summed E-state index contributed by atoms with van der Waals surface area (Å²) >= 11 is 12.1. The average molecular weight is 294 g/mol. The molecule has 0 radical (unpaired) electrons. The van der Waals surface area contributed by atoms with E-state index in [1.165, 1.54) is 6.92 Å². The Kier molecular flexibility index (Phi) is 4.46. The van der Waals surface area contributed by atoms with Gasteiger partial charge in [-0.1, -0.05) is 41.4 Å². The smallest absolute Gasteiger partial charge is 0.159 e. The molecule has 0 fully saturated rings. The first-order valence-corrected chi connectivity index (χ1v) is 6.60. The summed E-state index contributed by atoms with van der Waals surface area (Å²) < 4.78 is 0. The van der Waals surface area contributed by atoms with Crippen LogP contribution in [0.3, 0.4) is 0 Å². The van der Waals surface area contributed by atoms with Gasteiger partial charge in [-0.3, -0.25) is 4.79 Å². The first-order valence-electron chi connectivity index (χ1n) is 5.85. The van der Waals surface area contributed by atoms with Crippen LogP contribution in [-0.2, 0) is 6.54 Å². The van der Waals surface area contributed by atoms with Gasteiger partial charge < -0.3 is 5.32 Å². The SMILES string of the molecule is CC(=O)c1cc(Cl)cc(NCc2ccccc2Cl)c1. The number of nitrogens with one attached hydrogen (secondary N) is 1. The molecule has 0 unspecified atom stereocenters. The Hall–Kier alpha value is -1.51. The van der Waals surface area contributed by atoms with E-state index in [1.54, 1.807) is 18.2 Å². The fraction of sp³-hybridized carbons (Fsp3) is 0.133. The molecule has 4 heteroatoms.